The zero-order chi connectivity index (χ0) is 14.5. The lowest BCUT2D eigenvalue weighted by atomic mass is 10.3. The molecule has 0 aromatic rings. The van der Waals surface area contributed by atoms with Crippen LogP contribution < -0.4 is 0 Å². The van der Waals surface area contributed by atoms with E-state index in [4.69, 9.17) is 14.7 Å². The molecule has 0 aliphatic heterocycles. The third-order valence-corrected chi connectivity index (χ3v) is 2.85. The van der Waals surface area contributed by atoms with E-state index in [1.165, 1.54) is 0 Å². The van der Waals surface area contributed by atoms with Crippen molar-refractivity contribution in [3.63, 3.8) is 0 Å². The summed E-state index contributed by atoms with van der Waals surface area (Å²) in [4.78, 5) is 15.6. The van der Waals surface area contributed by atoms with Crippen LogP contribution in [0.5, 0.6) is 0 Å². The Morgan fingerprint density at radius 2 is 1.68 bits per heavy atom. The van der Waals surface area contributed by atoms with Gasteiger partial charge in [0.1, 0.15) is 0 Å². The van der Waals surface area contributed by atoms with Gasteiger partial charge >= 0.3 is 0 Å². The summed E-state index contributed by atoms with van der Waals surface area (Å²) in [6.45, 7) is 4.03. The molecule has 0 unspecified atom stereocenters. The maximum Gasteiger partial charge on any atom is 0.223 e. The van der Waals surface area contributed by atoms with Gasteiger partial charge in [-0.25, -0.2) is 0 Å². The van der Waals surface area contributed by atoms with Crippen LogP contribution in [0.1, 0.15) is 12.8 Å². The van der Waals surface area contributed by atoms with Crippen molar-refractivity contribution in [3.05, 3.63) is 0 Å². The zero-order valence-corrected chi connectivity index (χ0v) is 12.2. The number of carbonyl (C=O) groups excluding carboxylic acids is 1. The van der Waals surface area contributed by atoms with Gasteiger partial charge in [-0.2, -0.15) is 5.26 Å². The molecule has 110 valence electrons. The smallest absolute Gasteiger partial charge is 0.223 e. The van der Waals surface area contributed by atoms with Crippen molar-refractivity contribution in [3.8, 4) is 6.07 Å². The third kappa shape index (κ3) is 9.42. The van der Waals surface area contributed by atoms with Gasteiger partial charge in [0.25, 0.3) is 0 Å². The molecule has 0 rings (SSSR count). The van der Waals surface area contributed by atoms with Crippen LogP contribution in [-0.4, -0.2) is 76.4 Å². The van der Waals surface area contributed by atoms with Gasteiger partial charge in [0.15, 0.2) is 0 Å². The number of hydrogen-bond acceptors (Lipinski definition) is 5. The SMILES string of the molecule is COCCN(CCOC)CCC(=O)N(C)CCC#N. The van der Waals surface area contributed by atoms with Crippen LogP contribution in [0, 0.1) is 11.3 Å². The molecule has 0 aliphatic carbocycles. The summed E-state index contributed by atoms with van der Waals surface area (Å²) in [6.07, 6.45) is 0.828. The largest absolute Gasteiger partial charge is 0.383 e. The molecule has 0 N–H and O–H groups in total. The Hall–Kier alpha value is -1.16. The van der Waals surface area contributed by atoms with Gasteiger partial charge in [-0.05, 0) is 0 Å². The van der Waals surface area contributed by atoms with Gasteiger partial charge in [0, 0.05) is 53.9 Å². The second kappa shape index (κ2) is 11.9. The predicted molar refractivity (Wildman–Crippen MR) is 72.7 cm³/mol. The molecule has 0 aromatic heterocycles. The monoisotopic (exact) mass is 271 g/mol. The van der Waals surface area contributed by atoms with E-state index in [1.807, 2.05) is 6.07 Å². The molecule has 19 heavy (non-hydrogen) atoms. The number of hydrogen-bond donors (Lipinski definition) is 0. The minimum Gasteiger partial charge on any atom is -0.383 e. The van der Waals surface area contributed by atoms with E-state index in [0.717, 1.165) is 13.1 Å². The average Bonchev–Trinajstić information content (AvgIpc) is 2.43. The summed E-state index contributed by atoms with van der Waals surface area (Å²) < 4.78 is 10.1. The maximum absolute atomic E-state index is 11.8. The highest BCUT2D eigenvalue weighted by molar-refractivity contribution is 5.76. The Labute approximate surface area is 115 Å². The first-order valence-corrected chi connectivity index (χ1v) is 6.46. The lowest BCUT2D eigenvalue weighted by Gasteiger charge is -2.23. The summed E-state index contributed by atoms with van der Waals surface area (Å²) in [7, 11) is 5.05. The van der Waals surface area contributed by atoms with E-state index >= 15 is 0 Å². The summed E-state index contributed by atoms with van der Waals surface area (Å²) in [6, 6.07) is 2.04. The molecule has 0 aromatic carbocycles. The first-order valence-electron chi connectivity index (χ1n) is 6.46. The minimum atomic E-state index is 0.0649. The van der Waals surface area contributed by atoms with Crippen LogP contribution in [0.2, 0.25) is 0 Å². The van der Waals surface area contributed by atoms with Crippen LogP contribution in [0.25, 0.3) is 0 Å². The maximum atomic E-state index is 11.8. The first kappa shape index (κ1) is 17.8. The van der Waals surface area contributed by atoms with E-state index in [2.05, 4.69) is 4.90 Å². The summed E-state index contributed by atoms with van der Waals surface area (Å²) >= 11 is 0. The van der Waals surface area contributed by atoms with Crippen molar-refractivity contribution >= 4 is 5.91 Å². The van der Waals surface area contributed by atoms with Crippen molar-refractivity contribution in [2.45, 2.75) is 12.8 Å². The van der Waals surface area contributed by atoms with Gasteiger partial charge in [-0.1, -0.05) is 0 Å². The number of methoxy groups -OCH3 is 2. The quantitative estimate of drug-likeness (QED) is 0.542. The molecule has 0 spiro atoms. The highest BCUT2D eigenvalue weighted by Gasteiger charge is 2.11. The molecule has 0 saturated heterocycles. The Morgan fingerprint density at radius 1 is 1.11 bits per heavy atom. The Kier molecular flexibility index (Phi) is 11.2. The standard InChI is InChI=1S/C13H25N3O3/c1-15(7-4-6-14)13(17)5-8-16(9-11-18-2)10-12-19-3/h4-5,7-12H2,1-3H3. The predicted octanol–water partition coefficient (Wildman–Crippen LogP) is 0.343. The minimum absolute atomic E-state index is 0.0649. The number of rotatable bonds is 11. The Bertz CT molecular complexity index is 271. The second-order valence-electron chi connectivity index (χ2n) is 4.30. The molecule has 0 fully saturated rings. The number of nitrogens with zero attached hydrogens (tertiary/aromatic N) is 3. The lowest BCUT2D eigenvalue weighted by Crippen LogP contribution is -2.35. The second-order valence-corrected chi connectivity index (χ2v) is 4.30. The van der Waals surface area contributed by atoms with Gasteiger partial charge in [0.2, 0.25) is 5.91 Å². The molecule has 0 heterocycles. The fourth-order valence-electron chi connectivity index (χ4n) is 1.56. The number of ether oxygens (including phenoxy) is 2. The molecule has 0 saturated carbocycles. The average molecular weight is 271 g/mol. The lowest BCUT2D eigenvalue weighted by molar-refractivity contribution is -0.130. The molecule has 1 amide bonds. The van der Waals surface area contributed by atoms with E-state index in [-0.39, 0.29) is 5.91 Å². The summed E-state index contributed by atoms with van der Waals surface area (Å²) in [5.74, 6) is 0.0649. The van der Waals surface area contributed by atoms with Crippen LogP contribution >= 0.6 is 0 Å². The highest BCUT2D eigenvalue weighted by atomic mass is 16.5. The van der Waals surface area contributed by atoms with Gasteiger partial charge in [-0.15, -0.1) is 0 Å². The third-order valence-electron chi connectivity index (χ3n) is 2.85. The number of carbonyl (C=O) groups is 1. The fraction of sp³-hybridized carbons (Fsp3) is 0.846. The Balaban J connectivity index is 3.99. The first-order chi connectivity index (χ1) is 9.15. The van der Waals surface area contributed by atoms with Gasteiger partial charge < -0.3 is 14.4 Å². The topological polar surface area (TPSA) is 65.8 Å². The van der Waals surface area contributed by atoms with Crippen LogP contribution in [0.15, 0.2) is 0 Å². The number of amides is 1. The molecular weight excluding hydrogens is 246 g/mol. The summed E-state index contributed by atoms with van der Waals surface area (Å²) in [5, 5.41) is 8.49. The fourth-order valence-corrected chi connectivity index (χ4v) is 1.56. The molecule has 0 radical (unpaired) electrons. The van der Waals surface area contributed by atoms with Crippen molar-refractivity contribution in [2.75, 3.05) is 60.7 Å². The molecule has 6 nitrogen and oxygen atoms in total. The van der Waals surface area contributed by atoms with Crippen molar-refractivity contribution in [1.82, 2.24) is 9.80 Å². The van der Waals surface area contributed by atoms with Gasteiger partial charge in [-0.3, -0.25) is 9.69 Å². The highest BCUT2D eigenvalue weighted by Crippen LogP contribution is 1.97. The van der Waals surface area contributed by atoms with Crippen molar-refractivity contribution < 1.29 is 14.3 Å². The molecule has 6 heteroatoms. The number of nitriles is 1. The normalized spacial score (nSPS) is 10.5. The summed E-state index contributed by atoms with van der Waals surface area (Å²) in [5.41, 5.74) is 0. The molecule has 0 bridgehead atoms. The van der Waals surface area contributed by atoms with Gasteiger partial charge in [0.05, 0.1) is 25.7 Å². The van der Waals surface area contributed by atoms with Crippen LogP contribution in [0.3, 0.4) is 0 Å². The van der Waals surface area contributed by atoms with E-state index in [0.29, 0.717) is 39.1 Å². The van der Waals surface area contributed by atoms with Crippen molar-refractivity contribution in [2.24, 2.45) is 0 Å². The van der Waals surface area contributed by atoms with E-state index in [1.54, 1.807) is 26.2 Å². The zero-order valence-electron chi connectivity index (χ0n) is 12.2. The molecule has 0 aliphatic rings. The van der Waals surface area contributed by atoms with E-state index in [9.17, 15) is 4.79 Å². The van der Waals surface area contributed by atoms with Crippen LogP contribution in [-0.2, 0) is 14.3 Å². The van der Waals surface area contributed by atoms with Crippen molar-refractivity contribution in [1.29, 1.82) is 5.26 Å². The van der Waals surface area contributed by atoms with Crippen LogP contribution in [0.4, 0.5) is 0 Å². The van der Waals surface area contributed by atoms with E-state index < -0.39 is 0 Å². The molecular formula is C13H25N3O3. The Morgan fingerprint density at radius 3 is 2.16 bits per heavy atom. The molecule has 0 atom stereocenters.